The van der Waals surface area contributed by atoms with Gasteiger partial charge in [-0.3, -0.25) is 24.4 Å². The first kappa shape index (κ1) is 45.5. The van der Waals surface area contributed by atoms with E-state index in [1.54, 1.807) is 12.5 Å². The Morgan fingerprint density at radius 3 is 2.44 bits per heavy atom. The summed E-state index contributed by atoms with van der Waals surface area (Å²) in [5.41, 5.74) is 7.03. The van der Waals surface area contributed by atoms with E-state index in [0.717, 1.165) is 83.1 Å². The van der Waals surface area contributed by atoms with Crippen LogP contribution in [0.4, 0.5) is 5.82 Å². The minimum absolute atomic E-state index is 0.0159. The third-order valence-electron chi connectivity index (χ3n) is 10.3. The number of rotatable bonds is 14. The number of carbonyl (C=O) groups excluding carboxylic acids is 4. The van der Waals surface area contributed by atoms with Gasteiger partial charge >= 0.3 is 0 Å². The summed E-state index contributed by atoms with van der Waals surface area (Å²) in [5, 5.41) is 18.3. The number of likely N-dealkylation sites (N-methyl/N-ethyl adjacent to an activating group) is 2. The molecule has 6 aromatic rings. The topological polar surface area (TPSA) is 199 Å². The fourth-order valence-corrected chi connectivity index (χ4v) is 6.77. The van der Waals surface area contributed by atoms with E-state index >= 15 is 0 Å². The van der Waals surface area contributed by atoms with Crippen molar-refractivity contribution >= 4 is 35.8 Å². The van der Waals surface area contributed by atoms with Gasteiger partial charge in [-0.1, -0.05) is 58.0 Å². The van der Waals surface area contributed by atoms with E-state index in [9.17, 15) is 14.4 Å². The number of imide groups is 1. The Balaban J connectivity index is 0.00000171. The van der Waals surface area contributed by atoms with Crippen LogP contribution in [0.25, 0.3) is 27.9 Å². The second-order valence-corrected chi connectivity index (χ2v) is 15.5. The molecule has 61 heavy (non-hydrogen) atoms. The minimum Gasteiger partial charge on any atom is -0.356 e. The van der Waals surface area contributed by atoms with Gasteiger partial charge in [0.1, 0.15) is 18.9 Å². The number of carbonyl (C=O) groups is 4. The first-order valence-corrected chi connectivity index (χ1v) is 20.5. The maximum atomic E-state index is 12.7. The fraction of sp³-hybridized carbons (Fsp3) is 0.409. The van der Waals surface area contributed by atoms with Crippen molar-refractivity contribution in [3.63, 3.8) is 0 Å². The average Bonchev–Trinajstić information content (AvgIpc) is 4.05. The van der Waals surface area contributed by atoms with Crippen LogP contribution in [0, 0.1) is 6.92 Å². The van der Waals surface area contributed by atoms with E-state index in [1.807, 2.05) is 100 Å². The number of nitrogens with zero attached hydrogens (tertiary/aromatic N) is 10. The van der Waals surface area contributed by atoms with Crippen LogP contribution in [0.2, 0.25) is 0 Å². The molecule has 17 heteroatoms. The standard InChI is InChI=1S/C41H48N12O4.C2H6.CH2O/c1-7-51(34-12-10-29(21-42-34)32-11-13-35(54)47-38(32)55)16-14-50(6)15-17-52-23-31(22-45-52)30-19-33-36(44-25-46-53(33)24-30)27-8-9-28(26(2)18-27)20-43-39(56)37-48-40(57-49-37)41(3,4)5;2*1-2/h8-10,12,18-19,21-25,32H,7,11,13-17,20H2,1-6H3,(H,43,56)(H,47,54,55);1-2H3;1H2. The maximum absolute atomic E-state index is 12.7. The highest BCUT2D eigenvalue weighted by Gasteiger charge is 2.28. The zero-order valence-corrected chi connectivity index (χ0v) is 36.3. The Labute approximate surface area is 355 Å². The molecule has 322 valence electrons. The van der Waals surface area contributed by atoms with Gasteiger partial charge in [-0.15, -0.1) is 0 Å². The van der Waals surface area contributed by atoms with E-state index in [1.165, 1.54) is 0 Å². The molecule has 1 saturated heterocycles. The summed E-state index contributed by atoms with van der Waals surface area (Å²) in [6.07, 6.45) is 10.1. The predicted octanol–water partition coefficient (Wildman–Crippen LogP) is 5.39. The zero-order chi connectivity index (χ0) is 44.3. The Kier molecular flexibility index (Phi) is 15.3. The number of pyridine rings is 1. The van der Waals surface area contributed by atoms with Gasteiger partial charge in [0.25, 0.3) is 11.7 Å². The molecule has 0 spiro atoms. The van der Waals surface area contributed by atoms with Crippen molar-refractivity contribution in [2.45, 2.75) is 85.7 Å². The van der Waals surface area contributed by atoms with Crippen LogP contribution in [0.3, 0.4) is 0 Å². The molecule has 1 fully saturated rings. The highest BCUT2D eigenvalue weighted by Crippen LogP contribution is 2.30. The van der Waals surface area contributed by atoms with E-state index in [4.69, 9.17) is 9.32 Å². The lowest BCUT2D eigenvalue weighted by atomic mass is 9.92. The van der Waals surface area contributed by atoms with Crippen molar-refractivity contribution in [1.29, 1.82) is 0 Å². The van der Waals surface area contributed by atoms with Crippen LogP contribution >= 0.6 is 0 Å². The first-order valence-electron chi connectivity index (χ1n) is 20.5. The van der Waals surface area contributed by atoms with E-state index in [2.05, 4.69) is 76.8 Å². The lowest BCUT2D eigenvalue weighted by molar-refractivity contribution is -0.134. The number of benzene rings is 1. The third kappa shape index (κ3) is 11.2. The second-order valence-electron chi connectivity index (χ2n) is 15.5. The molecule has 0 saturated carbocycles. The number of amides is 3. The van der Waals surface area contributed by atoms with Crippen LogP contribution in [0.5, 0.6) is 0 Å². The van der Waals surface area contributed by atoms with Crippen molar-refractivity contribution in [3.05, 3.63) is 95.9 Å². The minimum atomic E-state index is -0.392. The molecule has 0 bridgehead atoms. The van der Waals surface area contributed by atoms with Crippen LogP contribution in [-0.4, -0.2) is 102 Å². The van der Waals surface area contributed by atoms with Gasteiger partial charge in [-0.25, -0.2) is 14.5 Å². The predicted molar refractivity (Wildman–Crippen MR) is 232 cm³/mol. The van der Waals surface area contributed by atoms with Crippen molar-refractivity contribution in [2.75, 3.05) is 38.1 Å². The highest BCUT2D eigenvalue weighted by molar-refractivity contribution is 6.00. The van der Waals surface area contributed by atoms with Gasteiger partial charge in [-0.05, 0) is 62.2 Å². The summed E-state index contributed by atoms with van der Waals surface area (Å²) in [4.78, 5) is 62.6. The van der Waals surface area contributed by atoms with E-state index in [0.29, 0.717) is 25.3 Å². The molecule has 1 aromatic carbocycles. The molecule has 0 radical (unpaired) electrons. The molecule has 1 unspecified atom stereocenters. The molecular formula is C44H56N12O5. The molecule has 3 amide bonds. The average molecular weight is 833 g/mol. The number of anilines is 1. The Hall–Kier alpha value is -6.62. The Morgan fingerprint density at radius 2 is 1.77 bits per heavy atom. The van der Waals surface area contributed by atoms with Gasteiger partial charge in [-0.2, -0.15) is 15.2 Å². The van der Waals surface area contributed by atoms with Gasteiger partial charge in [0.2, 0.25) is 17.7 Å². The Morgan fingerprint density at radius 1 is 0.984 bits per heavy atom. The van der Waals surface area contributed by atoms with Crippen molar-refractivity contribution in [1.82, 2.24) is 55.0 Å². The smallest absolute Gasteiger partial charge is 0.292 e. The second kappa shape index (κ2) is 20.6. The summed E-state index contributed by atoms with van der Waals surface area (Å²) >= 11 is 0. The number of piperidine rings is 1. The molecule has 0 aliphatic carbocycles. The Bertz CT molecular complexity index is 2410. The lowest BCUT2D eigenvalue weighted by Gasteiger charge is -2.26. The number of aryl methyl sites for hydroxylation is 1. The number of aromatic nitrogens is 8. The van der Waals surface area contributed by atoms with Gasteiger partial charge in [0, 0.05) is 79.8 Å². The molecule has 6 heterocycles. The molecular weight excluding hydrogens is 777 g/mol. The lowest BCUT2D eigenvalue weighted by Crippen LogP contribution is -2.39. The number of hydrogen-bond acceptors (Lipinski definition) is 13. The molecule has 7 rings (SSSR count). The molecule has 1 aliphatic rings. The number of fused-ring (bicyclic) bond motifs is 1. The zero-order valence-electron chi connectivity index (χ0n) is 36.3. The molecule has 1 aliphatic heterocycles. The summed E-state index contributed by atoms with van der Waals surface area (Å²) < 4.78 is 9.05. The number of nitrogens with one attached hydrogen (secondary N) is 2. The summed E-state index contributed by atoms with van der Waals surface area (Å²) in [5.74, 6) is 0.0844. The van der Waals surface area contributed by atoms with Crippen LogP contribution in [-0.2, 0) is 32.9 Å². The summed E-state index contributed by atoms with van der Waals surface area (Å²) in [6, 6.07) is 12.0. The normalized spacial score (nSPS) is 13.9. The van der Waals surface area contributed by atoms with Crippen molar-refractivity contribution in [2.24, 2.45) is 0 Å². The van der Waals surface area contributed by atoms with Crippen LogP contribution < -0.4 is 15.5 Å². The SMILES string of the molecule is C=O.CC.CCN(CCN(C)CCn1cc(-c2cc3c(-c4ccc(CNC(=O)c5noc(C(C)(C)C)n5)c(C)c4)ncnn3c2)cn1)c1ccc(C2CCC(=O)NC2=O)cn1. The van der Waals surface area contributed by atoms with Crippen LogP contribution in [0.15, 0.2) is 72.0 Å². The molecule has 17 nitrogen and oxygen atoms in total. The van der Waals surface area contributed by atoms with Gasteiger partial charge in [0.05, 0.1) is 29.9 Å². The monoisotopic (exact) mass is 832 g/mol. The van der Waals surface area contributed by atoms with Crippen molar-refractivity contribution < 1.29 is 23.7 Å². The van der Waals surface area contributed by atoms with Gasteiger partial charge < -0.3 is 24.4 Å². The molecule has 1 atom stereocenters. The summed E-state index contributed by atoms with van der Waals surface area (Å²) in [7, 11) is 2.10. The molecule has 5 aromatic heterocycles. The highest BCUT2D eigenvalue weighted by atomic mass is 16.5. The van der Waals surface area contributed by atoms with E-state index < -0.39 is 5.91 Å². The fourth-order valence-electron chi connectivity index (χ4n) is 6.77. The largest absolute Gasteiger partial charge is 0.356 e. The third-order valence-corrected chi connectivity index (χ3v) is 10.3. The van der Waals surface area contributed by atoms with Crippen molar-refractivity contribution in [3.8, 4) is 22.4 Å². The van der Waals surface area contributed by atoms with Crippen LogP contribution in [0.1, 0.15) is 93.5 Å². The first-order chi connectivity index (χ1) is 29.4. The van der Waals surface area contributed by atoms with E-state index in [-0.39, 0.29) is 29.0 Å². The quantitative estimate of drug-likeness (QED) is 0.133. The summed E-state index contributed by atoms with van der Waals surface area (Å²) in [6.45, 7) is 20.2. The number of hydrogen-bond donors (Lipinski definition) is 2. The maximum Gasteiger partial charge on any atom is 0.292 e. The molecule has 2 N–H and O–H groups in total. The van der Waals surface area contributed by atoms with Gasteiger partial charge in [0.15, 0.2) is 0 Å².